The Morgan fingerprint density at radius 3 is 2.10 bits per heavy atom. The van der Waals surface area contributed by atoms with Crippen molar-refractivity contribution < 1.29 is 52.2 Å². The van der Waals surface area contributed by atoms with E-state index in [1.54, 1.807) is 45.0 Å². The summed E-state index contributed by atoms with van der Waals surface area (Å²) in [5.41, 5.74) is 1.85. The van der Waals surface area contributed by atoms with Crippen LogP contribution in [0.3, 0.4) is 0 Å². The number of hydroxylamine groups is 2. The molecule has 1 aromatic heterocycles. The second-order valence-electron chi connectivity index (χ2n) is 18.2. The number of furan rings is 1. The van der Waals surface area contributed by atoms with E-state index in [1.807, 2.05) is 88.4 Å². The van der Waals surface area contributed by atoms with Gasteiger partial charge in [-0.3, -0.25) is 33.6 Å². The maximum absolute atomic E-state index is 14.2. The molecule has 3 aromatic carbocycles. The fraction of sp³-hybridized carbons (Fsp3) is 0.481. The number of ketones is 1. The van der Waals surface area contributed by atoms with Crippen molar-refractivity contribution in [2.75, 3.05) is 13.3 Å². The minimum absolute atomic E-state index is 0.00932. The first-order chi connectivity index (χ1) is 32.6. The van der Waals surface area contributed by atoms with E-state index in [2.05, 4.69) is 17.6 Å². The summed E-state index contributed by atoms with van der Waals surface area (Å²) in [7, 11) is 0. The average Bonchev–Trinajstić information content (AvgIpc) is 3.83. The van der Waals surface area contributed by atoms with Crippen molar-refractivity contribution in [2.45, 2.75) is 132 Å². The van der Waals surface area contributed by atoms with Gasteiger partial charge in [0, 0.05) is 23.5 Å². The molecule has 4 rings (SSSR count). The lowest BCUT2D eigenvalue weighted by Crippen LogP contribution is -2.48. The van der Waals surface area contributed by atoms with Crippen LogP contribution >= 0.6 is 0 Å². The SMILES string of the molecule is CCCCCC(C(=O)NCNC(=O)c1ccc(-c2cc(OCC)cc(C(=O)C(C)C(C)CC(CCC(=O)OCc3ccccc3)C(=O)OC(C)(C)C)c2)o1)C(CC)N(C=O)OCc1ccccc1. The van der Waals surface area contributed by atoms with Crippen molar-refractivity contribution in [2.24, 2.45) is 23.7 Å². The molecule has 0 spiro atoms. The highest BCUT2D eigenvalue weighted by molar-refractivity contribution is 5.99. The molecule has 5 unspecified atom stereocenters. The highest BCUT2D eigenvalue weighted by Gasteiger charge is 2.33. The number of benzene rings is 3. The van der Waals surface area contributed by atoms with E-state index < -0.39 is 47.2 Å². The molecular weight excluding hydrogens is 867 g/mol. The topological polar surface area (TPSA) is 180 Å². The van der Waals surface area contributed by atoms with Gasteiger partial charge >= 0.3 is 11.9 Å². The number of hydrogen-bond donors (Lipinski definition) is 2. The maximum Gasteiger partial charge on any atom is 0.309 e. The number of nitrogens with zero attached hydrogens (tertiary/aromatic N) is 1. The van der Waals surface area contributed by atoms with E-state index in [9.17, 15) is 28.8 Å². The molecule has 3 amide bonds. The fourth-order valence-corrected chi connectivity index (χ4v) is 7.85. The summed E-state index contributed by atoms with van der Waals surface area (Å²) < 4.78 is 23.1. The number of amides is 3. The molecule has 68 heavy (non-hydrogen) atoms. The van der Waals surface area contributed by atoms with Gasteiger partial charge in [0.2, 0.25) is 12.3 Å². The number of carbonyl (C=O) groups is 6. The predicted molar refractivity (Wildman–Crippen MR) is 259 cm³/mol. The smallest absolute Gasteiger partial charge is 0.309 e. The van der Waals surface area contributed by atoms with Crippen LogP contribution in [0, 0.1) is 23.7 Å². The van der Waals surface area contributed by atoms with E-state index >= 15 is 0 Å². The average molecular weight is 938 g/mol. The van der Waals surface area contributed by atoms with Gasteiger partial charge in [-0.1, -0.05) is 108 Å². The van der Waals surface area contributed by atoms with Crippen molar-refractivity contribution in [3.05, 3.63) is 113 Å². The van der Waals surface area contributed by atoms with E-state index in [1.165, 1.54) is 11.1 Å². The molecule has 0 aliphatic heterocycles. The van der Waals surface area contributed by atoms with Crippen LogP contribution in [0.4, 0.5) is 0 Å². The summed E-state index contributed by atoms with van der Waals surface area (Å²) in [6.07, 6.45) is 4.75. The lowest BCUT2D eigenvalue weighted by molar-refractivity contribution is -0.200. The van der Waals surface area contributed by atoms with Gasteiger partial charge in [0.1, 0.15) is 30.3 Å². The van der Waals surface area contributed by atoms with E-state index in [0.29, 0.717) is 54.9 Å². The lowest BCUT2D eigenvalue weighted by atomic mass is 9.81. The first-order valence-corrected chi connectivity index (χ1v) is 23.9. The van der Waals surface area contributed by atoms with Crippen LogP contribution in [0.15, 0.2) is 95.4 Å². The molecule has 2 N–H and O–H groups in total. The molecule has 0 saturated carbocycles. The Balaban J connectivity index is 1.42. The lowest BCUT2D eigenvalue weighted by Gasteiger charge is -2.32. The first-order valence-electron chi connectivity index (χ1n) is 23.9. The van der Waals surface area contributed by atoms with E-state index in [-0.39, 0.29) is 56.1 Å². The van der Waals surface area contributed by atoms with Gasteiger partial charge in [-0.05, 0) is 101 Å². The van der Waals surface area contributed by atoms with E-state index in [0.717, 1.165) is 30.4 Å². The number of ether oxygens (including phenoxy) is 3. The number of unbranched alkanes of at least 4 members (excludes halogenated alkanes) is 2. The minimum atomic E-state index is -0.748. The molecule has 1 heterocycles. The number of Topliss-reactive ketones (excluding diaryl/α,β-unsaturated/α-hetero) is 1. The quantitative estimate of drug-likeness (QED) is 0.0132. The molecule has 0 radical (unpaired) electrons. The third kappa shape index (κ3) is 17.4. The molecule has 368 valence electrons. The van der Waals surface area contributed by atoms with Crippen molar-refractivity contribution in [3.8, 4) is 17.1 Å². The fourth-order valence-electron chi connectivity index (χ4n) is 7.85. The number of hydrogen-bond acceptors (Lipinski definition) is 11. The molecule has 4 aromatic rings. The number of carbonyl (C=O) groups excluding carboxylic acids is 6. The highest BCUT2D eigenvalue weighted by Crippen LogP contribution is 2.33. The normalized spacial score (nSPS) is 13.5. The Hall–Kier alpha value is -6.28. The van der Waals surface area contributed by atoms with Gasteiger partial charge in [-0.25, -0.2) is 5.06 Å². The maximum atomic E-state index is 14.2. The number of nitrogens with one attached hydrogen (secondary N) is 2. The Morgan fingerprint density at radius 2 is 1.49 bits per heavy atom. The van der Waals surface area contributed by atoms with Crippen LogP contribution in [-0.2, 0) is 46.7 Å². The first kappa shape index (κ1) is 54.3. The molecular formula is C54H71N3O11. The number of rotatable bonds is 29. The van der Waals surface area contributed by atoms with Crippen LogP contribution in [-0.4, -0.2) is 65.9 Å². The third-order valence-corrected chi connectivity index (χ3v) is 11.7. The van der Waals surface area contributed by atoms with Crippen LogP contribution < -0.4 is 15.4 Å². The Bertz CT molecular complexity index is 2220. The van der Waals surface area contributed by atoms with Crippen LogP contribution in [0.2, 0.25) is 0 Å². The second-order valence-corrected chi connectivity index (χ2v) is 18.2. The Morgan fingerprint density at radius 1 is 0.809 bits per heavy atom. The molecule has 0 saturated heterocycles. The summed E-state index contributed by atoms with van der Waals surface area (Å²) in [6.45, 7) is 15.3. The highest BCUT2D eigenvalue weighted by atomic mass is 16.7. The summed E-state index contributed by atoms with van der Waals surface area (Å²) in [5.74, 6) is -3.33. The molecule has 0 fully saturated rings. The zero-order valence-electron chi connectivity index (χ0n) is 41.0. The van der Waals surface area contributed by atoms with E-state index in [4.69, 9.17) is 23.5 Å². The summed E-state index contributed by atoms with van der Waals surface area (Å²) in [4.78, 5) is 85.6. The van der Waals surface area contributed by atoms with Gasteiger partial charge < -0.3 is 29.3 Å². The standard InChI is InChI=1S/C54H71N3O11/c1-9-12-15-24-45(46(10-2)57(36-58)66-34-40-22-18-14-19-23-40)51(61)55-35-56-52(62)48-27-26-47(67-48)42-30-43(32-44(31-42)64-11-3)50(60)38(5)37(4)29-41(53(63)68-54(6,7)8)25-28-49(59)65-33-39-20-16-13-17-21-39/h13-14,16-23,26-27,30-32,36-38,41,45-46H,9-12,15,24-25,28-29,33-35H2,1-8H3,(H,55,61)(H,56,62). The van der Waals surface area contributed by atoms with Crippen molar-refractivity contribution in [3.63, 3.8) is 0 Å². The van der Waals surface area contributed by atoms with Crippen molar-refractivity contribution in [1.29, 1.82) is 0 Å². The largest absolute Gasteiger partial charge is 0.494 e. The van der Waals surface area contributed by atoms with Gasteiger partial charge in [0.05, 0.1) is 31.2 Å². The Kier molecular flexibility index (Phi) is 22.0. The summed E-state index contributed by atoms with van der Waals surface area (Å²) >= 11 is 0. The second kappa shape index (κ2) is 27.5. The van der Waals surface area contributed by atoms with Gasteiger partial charge in [0.25, 0.3) is 5.91 Å². The summed E-state index contributed by atoms with van der Waals surface area (Å²) in [5, 5.41) is 6.74. The molecule has 0 aliphatic carbocycles. The Labute approximate surface area is 401 Å². The zero-order valence-corrected chi connectivity index (χ0v) is 41.0. The zero-order chi connectivity index (χ0) is 49.6. The minimum Gasteiger partial charge on any atom is -0.494 e. The molecule has 14 nitrogen and oxygen atoms in total. The molecule has 0 bridgehead atoms. The molecule has 0 aliphatic rings. The molecule has 5 atom stereocenters. The van der Waals surface area contributed by atoms with Crippen LogP contribution in [0.1, 0.15) is 139 Å². The van der Waals surface area contributed by atoms with Gasteiger partial charge in [-0.2, -0.15) is 0 Å². The van der Waals surface area contributed by atoms with Crippen LogP contribution in [0.25, 0.3) is 11.3 Å². The van der Waals surface area contributed by atoms with Gasteiger partial charge in [-0.15, -0.1) is 0 Å². The van der Waals surface area contributed by atoms with Gasteiger partial charge in [0.15, 0.2) is 11.5 Å². The third-order valence-electron chi connectivity index (χ3n) is 11.7. The summed E-state index contributed by atoms with van der Waals surface area (Å²) in [6, 6.07) is 26.5. The van der Waals surface area contributed by atoms with Crippen LogP contribution in [0.5, 0.6) is 5.75 Å². The monoisotopic (exact) mass is 938 g/mol. The van der Waals surface area contributed by atoms with Crippen molar-refractivity contribution in [1.82, 2.24) is 15.7 Å². The predicted octanol–water partition coefficient (Wildman–Crippen LogP) is 10.0. The molecule has 14 heteroatoms. The van der Waals surface area contributed by atoms with Crippen molar-refractivity contribution >= 4 is 35.9 Å². The number of esters is 2.